The van der Waals surface area contributed by atoms with Crippen molar-refractivity contribution in [2.45, 2.75) is 111 Å². The summed E-state index contributed by atoms with van der Waals surface area (Å²) < 4.78 is 0. The smallest absolute Gasteiger partial charge is 0.136 e. The Morgan fingerprint density at radius 1 is 1.03 bits per heavy atom. The fraction of sp³-hybridized carbons (Fsp3) is 0.897. The Morgan fingerprint density at radius 2 is 1.65 bits per heavy atom. The third-order valence-corrected chi connectivity index (χ3v) is 11.4. The average Bonchev–Trinajstić information content (AvgIpc) is 3.10. The van der Waals surface area contributed by atoms with Gasteiger partial charge in [0, 0.05) is 12.3 Å². The van der Waals surface area contributed by atoms with Crippen LogP contribution in [0.4, 0.5) is 0 Å². The summed E-state index contributed by atoms with van der Waals surface area (Å²) in [5, 5.41) is 42.9. The van der Waals surface area contributed by atoms with Crippen LogP contribution in [0.15, 0.2) is 12.2 Å². The van der Waals surface area contributed by atoms with Crippen molar-refractivity contribution in [3.63, 3.8) is 0 Å². The van der Waals surface area contributed by atoms with E-state index in [4.69, 9.17) is 0 Å². The summed E-state index contributed by atoms with van der Waals surface area (Å²) in [6, 6.07) is 0. The third-order valence-electron chi connectivity index (χ3n) is 11.4. The van der Waals surface area contributed by atoms with Crippen LogP contribution < -0.4 is 0 Å². The van der Waals surface area contributed by atoms with Gasteiger partial charge in [-0.2, -0.15) is 0 Å². The van der Waals surface area contributed by atoms with Crippen molar-refractivity contribution in [2.75, 3.05) is 0 Å². The highest BCUT2D eigenvalue weighted by Crippen LogP contribution is 2.67. The molecular formula is C29H48O5. The molecule has 5 nitrogen and oxygen atoms in total. The van der Waals surface area contributed by atoms with E-state index in [0.717, 1.165) is 25.7 Å². The average molecular weight is 477 g/mol. The SMILES string of the molecule is C=C([C@@H](O)[C@H](O)[C@@H](C)[C@H]1CCC2C3CC(=O)C4C[C@H](O)[C@@H](O)C[C@]4(C)C3CC[C@@]21C)C(C)(C)C. The second kappa shape index (κ2) is 8.68. The number of carbonyl (C=O) groups excluding carboxylic acids is 1. The molecule has 0 aromatic rings. The molecule has 0 radical (unpaired) electrons. The van der Waals surface area contributed by atoms with Crippen LogP contribution >= 0.6 is 0 Å². The van der Waals surface area contributed by atoms with Gasteiger partial charge in [0.2, 0.25) is 0 Å². The van der Waals surface area contributed by atoms with Gasteiger partial charge in [-0.3, -0.25) is 4.79 Å². The molecule has 0 aromatic heterocycles. The summed E-state index contributed by atoms with van der Waals surface area (Å²) in [5.41, 5.74) is 0.183. The van der Waals surface area contributed by atoms with Gasteiger partial charge in [0.1, 0.15) is 11.9 Å². The topological polar surface area (TPSA) is 98.0 Å². The molecule has 0 amide bonds. The molecule has 34 heavy (non-hydrogen) atoms. The van der Waals surface area contributed by atoms with Crippen LogP contribution in [0.3, 0.4) is 0 Å². The molecule has 4 N–H and O–H groups in total. The molecule has 4 saturated carbocycles. The highest BCUT2D eigenvalue weighted by Gasteiger charge is 2.63. The predicted octanol–water partition coefficient (Wildman–Crippen LogP) is 4.12. The van der Waals surface area contributed by atoms with Crippen molar-refractivity contribution in [1.29, 1.82) is 0 Å². The van der Waals surface area contributed by atoms with Crippen molar-refractivity contribution >= 4 is 5.78 Å². The molecule has 12 atom stereocenters. The molecule has 4 aliphatic carbocycles. The van der Waals surface area contributed by atoms with Crippen molar-refractivity contribution < 1.29 is 25.2 Å². The number of ketones is 1. The molecule has 4 fully saturated rings. The summed E-state index contributed by atoms with van der Waals surface area (Å²) in [6.07, 6.45) is 2.28. The molecule has 4 unspecified atom stereocenters. The number of carbonyl (C=O) groups is 1. The maximum Gasteiger partial charge on any atom is 0.136 e. The molecule has 0 saturated heterocycles. The summed E-state index contributed by atoms with van der Waals surface area (Å²) in [5.74, 6) is 1.46. The van der Waals surface area contributed by atoms with E-state index >= 15 is 0 Å². The monoisotopic (exact) mass is 476 g/mol. The molecular weight excluding hydrogens is 428 g/mol. The third kappa shape index (κ3) is 3.93. The highest BCUT2D eigenvalue weighted by molar-refractivity contribution is 5.83. The molecule has 194 valence electrons. The Kier molecular flexibility index (Phi) is 6.72. The first-order valence-electron chi connectivity index (χ1n) is 13.6. The summed E-state index contributed by atoms with van der Waals surface area (Å²) in [4.78, 5) is 13.3. The van der Waals surface area contributed by atoms with Crippen molar-refractivity contribution in [2.24, 2.45) is 51.8 Å². The van der Waals surface area contributed by atoms with E-state index in [0.29, 0.717) is 42.6 Å². The van der Waals surface area contributed by atoms with E-state index in [1.807, 2.05) is 20.8 Å². The molecule has 0 spiro atoms. The van der Waals surface area contributed by atoms with E-state index < -0.39 is 24.4 Å². The Morgan fingerprint density at radius 3 is 2.26 bits per heavy atom. The number of Topliss-reactive ketones (excluding diaryl/α,β-unsaturated/α-hetero) is 1. The van der Waals surface area contributed by atoms with Crippen LogP contribution in [0.5, 0.6) is 0 Å². The second-order valence-electron chi connectivity index (χ2n) is 14.0. The van der Waals surface area contributed by atoms with Crippen molar-refractivity contribution in [1.82, 2.24) is 0 Å². The Hall–Kier alpha value is -0.750. The Balaban J connectivity index is 1.56. The zero-order valence-corrected chi connectivity index (χ0v) is 22.1. The standard InChI is InChI=1S/C29H48O5/c1-15(25(33)26(34)16(2)27(3,4)5)18-8-9-19-17-12-22(30)21-13-23(31)24(32)14-29(21,7)20(17)10-11-28(18,19)6/h15,17-21,23-26,31-34H,2,8-14H2,1,3-7H3/t15-,17?,18+,19?,20?,21?,23-,24-,25+,26+,28+,29+/m0/s1. The van der Waals surface area contributed by atoms with Gasteiger partial charge < -0.3 is 20.4 Å². The molecule has 0 aromatic carbocycles. The Labute approximate surface area is 206 Å². The van der Waals surface area contributed by atoms with Crippen LogP contribution in [-0.2, 0) is 4.79 Å². The van der Waals surface area contributed by atoms with Gasteiger partial charge >= 0.3 is 0 Å². The first-order chi connectivity index (χ1) is 15.6. The molecule has 4 rings (SSSR count). The zero-order chi connectivity index (χ0) is 25.4. The predicted molar refractivity (Wildman–Crippen MR) is 133 cm³/mol. The van der Waals surface area contributed by atoms with E-state index in [1.54, 1.807) is 0 Å². The van der Waals surface area contributed by atoms with Crippen LogP contribution in [0, 0.1) is 51.8 Å². The number of rotatable bonds is 4. The van der Waals surface area contributed by atoms with Gasteiger partial charge in [-0.1, -0.05) is 48.1 Å². The largest absolute Gasteiger partial charge is 0.390 e. The number of hydrogen-bond donors (Lipinski definition) is 4. The Bertz CT molecular complexity index is 816. The van der Waals surface area contributed by atoms with Gasteiger partial charge in [0.25, 0.3) is 0 Å². The first kappa shape index (κ1) is 26.3. The maximum atomic E-state index is 13.3. The summed E-state index contributed by atoms with van der Waals surface area (Å²) in [6.45, 7) is 16.8. The molecule has 0 aliphatic heterocycles. The van der Waals surface area contributed by atoms with Gasteiger partial charge in [0.15, 0.2) is 0 Å². The van der Waals surface area contributed by atoms with Gasteiger partial charge in [-0.05, 0) is 89.9 Å². The number of aliphatic hydroxyl groups excluding tert-OH is 4. The molecule has 0 heterocycles. The van der Waals surface area contributed by atoms with Crippen molar-refractivity contribution in [3.8, 4) is 0 Å². The first-order valence-corrected chi connectivity index (χ1v) is 13.6. The molecule has 0 bridgehead atoms. The molecule has 4 aliphatic rings. The van der Waals surface area contributed by atoms with Gasteiger partial charge in [-0.25, -0.2) is 0 Å². The second-order valence-corrected chi connectivity index (χ2v) is 14.0. The number of fused-ring (bicyclic) bond motifs is 5. The lowest BCUT2D eigenvalue weighted by Crippen LogP contribution is -2.59. The maximum absolute atomic E-state index is 13.3. The molecule has 5 heteroatoms. The van der Waals surface area contributed by atoms with Gasteiger partial charge in [-0.15, -0.1) is 0 Å². The van der Waals surface area contributed by atoms with Crippen molar-refractivity contribution in [3.05, 3.63) is 12.2 Å². The van der Waals surface area contributed by atoms with E-state index in [-0.39, 0.29) is 39.8 Å². The van der Waals surface area contributed by atoms with Gasteiger partial charge in [0.05, 0.1) is 18.3 Å². The lowest BCUT2D eigenvalue weighted by atomic mass is 9.44. The lowest BCUT2D eigenvalue weighted by molar-refractivity contribution is -0.174. The minimum atomic E-state index is -0.944. The van der Waals surface area contributed by atoms with Crippen LogP contribution in [0.25, 0.3) is 0 Å². The van der Waals surface area contributed by atoms with E-state index in [1.165, 1.54) is 0 Å². The lowest BCUT2D eigenvalue weighted by Gasteiger charge is -2.61. The van der Waals surface area contributed by atoms with Crippen LogP contribution in [-0.4, -0.2) is 50.6 Å². The fourth-order valence-corrected chi connectivity index (χ4v) is 9.15. The van der Waals surface area contributed by atoms with Crippen LogP contribution in [0.1, 0.15) is 86.5 Å². The number of hydrogen-bond acceptors (Lipinski definition) is 5. The summed E-state index contributed by atoms with van der Waals surface area (Å²) >= 11 is 0. The highest BCUT2D eigenvalue weighted by atomic mass is 16.3. The zero-order valence-electron chi connectivity index (χ0n) is 22.1. The number of aliphatic hydroxyl groups is 4. The quantitative estimate of drug-likeness (QED) is 0.458. The minimum absolute atomic E-state index is 0.0284. The normalized spacial score (nSPS) is 47.2. The summed E-state index contributed by atoms with van der Waals surface area (Å²) in [7, 11) is 0. The minimum Gasteiger partial charge on any atom is -0.390 e. The van der Waals surface area contributed by atoms with Crippen LogP contribution in [0.2, 0.25) is 0 Å². The fourth-order valence-electron chi connectivity index (χ4n) is 9.15. The van der Waals surface area contributed by atoms with E-state index in [9.17, 15) is 25.2 Å². The van der Waals surface area contributed by atoms with E-state index in [2.05, 4.69) is 27.4 Å².